The summed E-state index contributed by atoms with van der Waals surface area (Å²) in [4.78, 5) is 19.5. The van der Waals surface area contributed by atoms with E-state index in [1.807, 2.05) is 0 Å². The quantitative estimate of drug-likeness (QED) is 0.254. The normalized spacial score (nSPS) is 27.0. The monoisotopic (exact) mass is 561 g/mol. The van der Waals surface area contributed by atoms with Crippen LogP contribution in [0.15, 0.2) is 36.8 Å². The molecular weight excluding hydrogens is 518 g/mol. The number of benzene rings is 1. The van der Waals surface area contributed by atoms with E-state index in [0.29, 0.717) is 35.4 Å². The third kappa shape index (κ3) is 5.34. The number of aliphatic hydroxyl groups is 2. The van der Waals surface area contributed by atoms with Gasteiger partial charge >= 0.3 is 0 Å². The Morgan fingerprint density at radius 3 is 2.66 bits per heavy atom. The Labute approximate surface area is 240 Å². The van der Waals surface area contributed by atoms with Gasteiger partial charge in [-0.15, -0.1) is 0 Å². The zero-order chi connectivity index (χ0) is 29.1. The van der Waals surface area contributed by atoms with E-state index in [9.17, 15) is 10.2 Å². The van der Waals surface area contributed by atoms with Crippen molar-refractivity contribution in [1.82, 2.24) is 29.4 Å². The fourth-order valence-electron chi connectivity index (χ4n) is 6.43. The van der Waals surface area contributed by atoms with Gasteiger partial charge in [-0.1, -0.05) is 26.8 Å². The van der Waals surface area contributed by atoms with E-state index < -0.39 is 24.5 Å². The second-order valence-corrected chi connectivity index (χ2v) is 13.3. The number of H-pyrrole nitrogens is 1. The lowest BCUT2D eigenvalue weighted by atomic mass is 9.76. The standard InChI is InChI=1S/C31H43N7O3/c1-17(2)37(15-24-27(39)28(40)30(41-24)38-16-34-26-21(32)10-11-33-29(26)38)20-12-18(13-20)6-9-25-35-22-8-7-19(31(3,4)5)14-23(22)36-25/h7-8,10-11,14,16-18,20,24,27-28,30,39-40H,6,9,12-13,15H2,1-5H3,(H2,32,33)(H,35,36)/t18-,20+,24-,27-,28-,30-/m1/s1. The van der Waals surface area contributed by atoms with E-state index in [2.05, 4.69) is 72.7 Å². The van der Waals surface area contributed by atoms with Crippen molar-refractivity contribution in [2.75, 3.05) is 12.3 Å². The number of nitrogens with two attached hydrogens (primary N) is 1. The van der Waals surface area contributed by atoms with Gasteiger partial charge in [-0.2, -0.15) is 0 Å². The molecule has 10 nitrogen and oxygen atoms in total. The fourth-order valence-corrected chi connectivity index (χ4v) is 6.43. The molecule has 2 fully saturated rings. The molecule has 1 saturated heterocycles. The Kier molecular flexibility index (Phi) is 7.30. The molecule has 0 amide bonds. The first-order valence-corrected chi connectivity index (χ1v) is 14.8. The molecule has 1 aromatic carbocycles. The van der Waals surface area contributed by atoms with Gasteiger partial charge in [0.05, 0.1) is 23.0 Å². The van der Waals surface area contributed by atoms with Crippen molar-refractivity contribution in [1.29, 1.82) is 0 Å². The van der Waals surface area contributed by atoms with Crippen LogP contribution < -0.4 is 5.73 Å². The van der Waals surface area contributed by atoms with Crippen molar-refractivity contribution in [2.45, 2.75) is 102 Å². The van der Waals surface area contributed by atoms with Crippen molar-refractivity contribution in [2.24, 2.45) is 5.92 Å². The average Bonchev–Trinajstić information content (AvgIpc) is 3.58. The molecule has 220 valence electrons. The Morgan fingerprint density at radius 1 is 1.15 bits per heavy atom. The smallest absolute Gasteiger partial charge is 0.165 e. The van der Waals surface area contributed by atoms with Gasteiger partial charge in [0, 0.05) is 31.2 Å². The number of pyridine rings is 1. The van der Waals surface area contributed by atoms with Crippen LogP contribution >= 0.6 is 0 Å². The van der Waals surface area contributed by atoms with E-state index in [0.717, 1.165) is 42.5 Å². The number of imidazole rings is 2. The molecule has 0 spiro atoms. The predicted octanol–water partition coefficient (Wildman–Crippen LogP) is 3.93. The minimum atomic E-state index is -1.09. The molecule has 3 aromatic heterocycles. The van der Waals surface area contributed by atoms with Crippen LogP contribution in [0.25, 0.3) is 22.2 Å². The number of aromatic amines is 1. The van der Waals surface area contributed by atoms with Crippen molar-refractivity contribution in [3.8, 4) is 0 Å². The van der Waals surface area contributed by atoms with Gasteiger partial charge < -0.3 is 25.7 Å². The number of ether oxygens (including phenoxy) is 1. The van der Waals surface area contributed by atoms with E-state index in [1.54, 1.807) is 23.2 Å². The molecule has 1 aliphatic carbocycles. The number of aliphatic hydroxyl groups excluding tert-OH is 2. The maximum atomic E-state index is 10.9. The number of nitrogen functional groups attached to an aromatic ring is 1. The summed E-state index contributed by atoms with van der Waals surface area (Å²) >= 11 is 0. The van der Waals surface area contributed by atoms with E-state index in [1.165, 1.54) is 5.56 Å². The summed E-state index contributed by atoms with van der Waals surface area (Å²) in [7, 11) is 0. The highest BCUT2D eigenvalue weighted by Crippen LogP contribution is 2.38. The molecule has 0 bridgehead atoms. The van der Waals surface area contributed by atoms with Crippen LogP contribution in [0.5, 0.6) is 0 Å². The lowest BCUT2D eigenvalue weighted by Crippen LogP contribution is -2.52. The van der Waals surface area contributed by atoms with E-state index in [4.69, 9.17) is 15.5 Å². The fraction of sp³-hybridized carbons (Fsp3) is 0.581. The van der Waals surface area contributed by atoms with Gasteiger partial charge in [-0.3, -0.25) is 9.47 Å². The van der Waals surface area contributed by atoms with Crippen LogP contribution in [0, 0.1) is 5.92 Å². The molecule has 5 N–H and O–H groups in total. The number of aromatic nitrogens is 5. The molecular formula is C31H43N7O3. The zero-order valence-corrected chi connectivity index (χ0v) is 24.7. The predicted molar refractivity (Wildman–Crippen MR) is 159 cm³/mol. The van der Waals surface area contributed by atoms with Crippen LogP contribution in [0.3, 0.4) is 0 Å². The maximum Gasteiger partial charge on any atom is 0.165 e. The summed E-state index contributed by atoms with van der Waals surface area (Å²) in [5.74, 6) is 1.70. The van der Waals surface area contributed by atoms with Crippen molar-refractivity contribution < 1.29 is 14.9 Å². The molecule has 0 radical (unpaired) electrons. The Morgan fingerprint density at radius 2 is 1.93 bits per heavy atom. The second-order valence-electron chi connectivity index (χ2n) is 13.3. The lowest BCUT2D eigenvalue weighted by Gasteiger charge is -2.46. The molecule has 2 aliphatic rings. The molecule has 4 atom stereocenters. The summed E-state index contributed by atoms with van der Waals surface area (Å²) in [5, 5.41) is 21.9. The largest absolute Gasteiger partial charge is 0.397 e. The number of anilines is 1. The van der Waals surface area contributed by atoms with Crippen LogP contribution in [0.4, 0.5) is 5.69 Å². The van der Waals surface area contributed by atoms with Crippen LogP contribution in [-0.4, -0.2) is 76.6 Å². The van der Waals surface area contributed by atoms with E-state index in [-0.39, 0.29) is 11.5 Å². The summed E-state index contributed by atoms with van der Waals surface area (Å²) in [6.07, 6.45) is 4.02. The van der Waals surface area contributed by atoms with Gasteiger partial charge in [0.15, 0.2) is 11.9 Å². The van der Waals surface area contributed by atoms with Crippen LogP contribution in [-0.2, 0) is 16.6 Å². The topological polar surface area (TPSA) is 138 Å². The summed E-state index contributed by atoms with van der Waals surface area (Å²) < 4.78 is 7.92. The van der Waals surface area contributed by atoms with Gasteiger partial charge in [0.25, 0.3) is 0 Å². The molecule has 1 aliphatic heterocycles. The SMILES string of the molecule is CC(C)N(C[C@H]1O[C@@H](n2cnc3c(N)ccnc32)[C@H](O)[C@@H]1O)[C@H]1C[C@@H](CCc2nc3cc(C(C)(C)C)ccc3[nH]2)C1. The number of fused-ring (bicyclic) bond motifs is 2. The number of nitrogens with zero attached hydrogens (tertiary/aromatic N) is 5. The Hall–Kier alpha value is -3.05. The zero-order valence-electron chi connectivity index (χ0n) is 24.7. The number of hydrogen-bond acceptors (Lipinski definition) is 8. The number of aryl methyl sites for hydroxylation is 1. The Bertz CT molecular complexity index is 1520. The van der Waals surface area contributed by atoms with Gasteiger partial charge in [-0.05, 0) is 68.2 Å². The molecule has 6 rings (SSSR count). The first-order chi connectivity index (χ1) is 19.5. The van der Waals surface area contributed by atoms with Gasteiger partial charge in [0.2, 0.25) is 0 Å². The lowest BCUT2D eigenvalue weighted by molar-refractivity contribution is -0.0620. The highest BCUT2D eigenvalue weighted by atomic mass is 16.6. The van der Waals surface area contributed by atoms with E-state index >= 15 is 0 Å². The second kappa shape index (κ2) is 10.7. The van der Waals surface area contributed by atoms with Crippen LogP contribution in [0.1, 0.15) is 71.5 Å². The molecule has 1 saturated carbocycles. The molecule has 10 heteroatoms. The summed E-state index contributed by atoms with van der Waals surface area (Å²) in [5.41, 5.74) is 11.2. The van der Waals surface area contributed by atoms with Gasteiger partial charge in [-0.25, -0.2) is 15.0 Å². The molecule has 41 heavy (non-hydrogen) atoms. The Balaban J connectivity index is 1.06. The minimum absolute atomic E-state index is 0.106. The first-order valence-electron chi connectivity index (χ1n) is 14.8. The van der Waals surface area contributed by atoms with Crippen molar-refractivity contribution in [3.05, 3.63) is 48.2 Å². The number of nitrogens with one attached hydrogen (secondary N) is 1. The molecule has 0 unspecified atom stereocenters. The highest BCUT2D eigenvalue weighted by molar-refractivity contribution is 5.83. The number of rotatable bonds is 8. The van der Waals surface area contributed by atoms with Crippen molar-refractivity contribution >= 4 is 27.9 Å². The van der Waals surface area contributed by atoms with Crippen molar-refractivity contribution in [3.63, 3.8) is 0 Å². The molecule has 4 aromatic rings. The third-order valence-electron chi connectivity index (χ3n) is 9.02. The van der Waals surface area contributed by atoms with Crippen LogP contribution in [0.2, 0.25) is 0 Å². The van der Waals surface area contributed by atoms with Gasteiger partial charge in [0.1, 0.15) is 29.7 Å². The average molecular weight is 562 g/mol. The maximum absolute atomic E-state index is 10.9. The number of hydrogen-bond donors (Lipinski definition) is 4. The summed E-state index contributed by atoms with van der Waals surface area (Å²) in [6.45, 7) is 11.6. The minimum Gasteiger partial charge on any atom is -0.397 e. The highest BCUT2D eigenvalue weighted by Gasteiger charge is 2.46. The first kappa shape index (κ1) is 28.1. The third-order valence-corrected chi connectivity index (χ3v) is 9.02. The molecule has 4 heterocycles. The summed E-state index contributed by atoms with van der Waals surface area (Å²) in [6, 6.07) is 8.95.